The molecule has 9 heteroatoms. The summed E-state index contributed by atoms with van der Waals surface area (Å²) in [4.78, 5) is 23.3. The molecule has 0 fully saturated rings. The van der Waals surface area contributed by atoms with Gasteiger partial charge in [-0.15, -0.1) is 0 Å². The van der Waals surface area contributed by atoms with Crippen LogP contribution in [0.25, 0.3) is 0 Å². The molecular weight excluding hydrogens is 426 g/mol. The van der Waals surface area contributed by atoms with Crippen LogP contribution in [-0.2, 0) is 14.3 Å². The van der Waals surface area contributed by atoms with E-state index in [1.54, 1.807) is 44.2 Å². The molecule has 1 rings (SSSR count). The van der Waals surface area contributed by atoms with Crippen LogP contribution < -0.4 is 9.78 Å². The second kappa shape index (κ2) is 8.92. The summed E-state index contributed by atoms with van der Waals surface area (Å²) in [5.74, 6) is -3.91. The van der Waals surface area contributed by atoms with Crippen molar-refractivity contribution in [2.75, 3.05) is 13.0 Å². The predicted octanol–water partition coefficient (Wildman–Crippen LogP) is 2.29. The Kier molecular flexibility index (Phi) is 7.78. The molecule has 4 nitrogen and oxygen atoms in total. The summed E-state index contributed by atoms with van der Waals surface area (Å²) in [5, 5.41) is 1.88. The summed E-state index contributed by atoms with van der Waals surface area (Å²) in [7, 11) is 1.07. The number of carbonyl (C=O) groups excluding carboxylic acids is 2. The Morgan fingerprint density at radius 1 is 1.24 bits per heavy atom. The van der Waals surface area contributed by atoms with Crippen LogP contribution in [0.15, 0.2) is 30.3 Å². The summed E-state index contributed by atoms with van der Waals surface area (Å²) in [5.41, 5.74) is -1.88. The second-order valence-corrected chi connectivity index (χ2v) is 8.53. The van der Waals surface area contributed by atoms with Crippen LogP contribution >= 0.6 is 11.6 Å². The third-order valence-electron chi connectivity index (χ3n) is 3.68. The number of hydrogen-bond donors (Lipinski definition) is 1. The molecule has 0 heterocycles. The molecule has 140 valence electrons. The molecule has 0 aliphatic rings. The number of alkyl halides is 4. The molecule has 1 aromatic carbocycles. The number of ether oxygens (including phenoxy) is 1. The normalized spacial score (nSPS) is 15.4. The Labute approximate surface area is 155 Å². The molecule has 0 saturated heterocycles. The SMILES string of the molecule is COC(=O)C(NC(=O)C(F)(F)F)(C(C)C)C(CCl)[Se]c1ccccc1. The fraction of sp³-hybridized carbons (Fsp3) is 0.500. The fourth-order valence-electron chi connectivity index (χ4n) is 2.35. The van der Waals surface area contributed by atoms with Crippen LogP contribution in [0, 0.1) is 5.92 Å². The van der Waals surface area contributed by atoms with E-state index in [1.807, 2.05) is 5.32 Å². The molecule has 0 radical (unpaired) electrons. The van der Waals surface area contributed by atoms with Crippen molar-refractivity contribution in [3.05, 3.63) is 30.3 Å². The van der Waals surface area contributed by atoms with E-state index in [2.05, 4.69) is 0 Å². The van der Waals surface area contributed by atoms with Gasteiger partial charge in [0.15, 0.2) is 0 Å². The maximum absolute atomic E-state index is 12.8. The van der Waals surface area contributed by atoms with Crippen LogP contribution in [0.3, 0.4) is 0 Å². The summed E-state index contributed by atoms with van der Waals surface area (Å²) in [6, 6.07) is 8.97. The average molecular weight is 445 g/mol. The van der Waals surface area contributed by atoms with Gasteiger partial charge in [-0.1, -0.05) is 0 Å². The number of esters is 1. The van der Waals surface area contributed by atoms with Gasteiger partial charge in [-0.05, 0) is 0 Å². The van der Waals surface area contributed by atoms with Gasteiger partial charge in [-0.3, -0.25) is 0 Å². The van der Waals surface area contributed by atoms with Crippen molar-refractivity contribution < 1.29 is 27.5 Å². The summed E-state index contributed by atoms with van der Waals surface area (Å²) < 4.78 is 44.0. The van der Waals surface area contributed by atoms with E-state index in [1.165, 1.54) is 0 Å². The molecule has 0 spiro atoms. The molecule has 0 aliphatic carbocycles. The van der Waals surface area contributed by atoms with Crippen LogP contribution in [0.1, 0.15) is 13.8 Å². The Bertz CT molecular complexity index is 598. The molecule has 25 heavy (non-hydrogen) atoms. The minimum absolute atomic E-state index is 0.111. The van der Waals surface area contributed by atoms with Crippen molar-refractivity contribution in [3.8, 4) is 0 Å². The average Bonchev–Trinajstić information content (AvgIpc) is 2.56. The van der Waals surface area contributed by atoms with Gasteiger partial charge in [0.2, 0.25) is 0 Å². The molecular formula is C16H19ClF3NO3Se. The Balaban J connectivity index is 3.35. The fourth-order valence-corrected chi connectivity index (χ4v) is 5.69. The molecule has 0 saturated carbocycles. The first-order valence-electron chi connectivity index (χ1n) is 7.35. The molecule has 1 N–H and O–H groups in total. The number of carbonyl (C=O) groups is 2. The Morgan fingerprint density at radius 3 is 2.20 bits per heavy atom. The van der Waals surface area contributed by atoms with Gasteiger partial charge in [0.1, 0.15) is 0 Å². The number of rotatable bonds is 7. The topological polar surface area (TPSA) is 55.4 Å². The molecule has 0 aromatic heterocycles. The van der Waals surface area contributed by atoms with Gasteiger partial charge >= 0.3 is 155 Å². The monoisotopic (exact) mass is 445 g/mol. The number of halogens is 4. The zero-order valence-electron chi connectivity index (χ0n) is 13.9. The molecule has 2 unspecified atom stereocenters. The van der Waals surface area contributed by atoms with Crippen molar-refractivity contribution in [2.24, 2.45) is 5.92 Å². The summed E-state index contributed by atoms with van der Waals surface area (Å²) in [6.45, 7) is 3.10. The van der Waals surface area contributed by atoms with Crippen LogP contribution in [0.5, 0.6) is 0 Å². The van der Waals surface area contributed by atoms with Gasteiger partial charge < -0.3 is 0 Å². The van der Waals surface area contributed by atoms with Crippen molar-refractivity contribution >= 4 is 42.9 Å². The van der Waals surface area contributed by atoms with Crippen molar-refractivity contribution in [2.45, 2.75) is 30.4 Å². The Hall–Kier alpha value is -1.24. The molecule has 1 amide bonds. The third-order valence-corrected chi connectivity index (χ3v) is 7.27. The summed E-state index contributed by atoms with van der Waals surface area (Å²) in [6.07, 6.45) is -5.12. The Morgan fingerprint density at radius 2 is 1.80 bits per heavy atom. The van der Waals surface area contributed by atoms with Crippen LogP contribution in [-0.4, -0.2) is 51.5 Å². The van der Waals surface area contributed by atoms with Gasteiger partial charge in [0.05, 0.1) is 0 Å². The van der Waals surface area contributed by atoms with Crippen molar-refractivity contribution in [1.29, 1.82) is 0 Å². The number of amides is 1. The number of benzene rings is 1. The molecule has 0 bridgehead atoms. The maximum atomic E-state index is 12.8. The quantitative estimate of drug-likeness (QED) is 0.399. The molecule has 2 atom stereocenters. The number of hydrogen-bond acceptors (Lipinski definition) is 3. The number of methoxy groups -OCH3 is 1. The van der Waals surface area contributed by atoms with E-state index >= 15 is 0 Å². The van der Waals surface area contributed by atoms with E-state index in [0.29, 0.717) is 0 Å². The summed E-state index contributed by atoms with van der Waals surface area (Å²) >= 11 is 5.55. The third kappa shape index (κ3) is 5.12. The van der Waals surface area contributed by atoms with E-state index < -0.39 is 49.3 Å². The molecule has 0 aliphatic heterocycles. The standard InChI is InChI=1S/C16H19ClF3NO3Se/c1-10(2)15(14(23)24-3,21-13(22)16(18,19)20)12(9-17)25-11-7-5-4-6-8-11/h4-8,10,12H,9H2,1-3H3,(H,21,22). The van der Waals surface area contributed by atoms with E-state index in [9.17, 15) is 22.8 Å². The first kappa shape index (κ1) is 21.8. The van der Waals surface area contributed by atoms with Gasteiger partial charge in [0.25, 0.3) is 0 Å². The van der Waals surface area contributed by atoms with Gasteiger partial charge in [0, 0.05) is 0 Å². The zero-order valence-corrected chi connectivity index (χ0v) is 16.4. The van der Waals surface area contributed by atoms with Crippen molar-refractivity contribution in [1.82, 2.24) is 5.32 Å². The minimum atomic E-state index is -5.12. The molecule has 1 aromatic rings. The predicted molar refractivity (Wildman–Crippen MR) is 90.1 cm³/mol. The first-order chi connectivity index (χ1) is 11.6. The van der Waals surface area contributed by atoms with E-state index in [0.717, 1.165) is 11.6 Å². The second-order valence-electron chi connectivity index (χ2n) is 5.54. The first-order valence-corrected chi connectivity index (χ1v) is 9.73. The van der Waals surface area contributed by atoms with E-state index in [-0.39, 0.29) is 5.88 Å². The van der Waals surface area contributed by atoms with Gasteiger partial charge in [-0.2, -0.15) is 0 Å². The van der Waals surface area contributed by atoms with Gasteiger partial charge in [-0.25, -0.2) is 0 Å². The zero-order chi connectivity index (χ0) is 19.3. The van der Waals surface area contributed by atoms with Crippen LogP contribution in [0.2, 0.25) is 4.82 Å². The van der Waals surface area contributed by atoms with Crippen molar-refractivity contribution in [3.63, 3.8) is 0 Å². The van der Waals surface area contributed by atoms with Crippen LogP contribution in [0.4, 0.5) is 13.2 Å². The number of nitrogens with one attached hydrogen (secondary N) is 1. The van der Waals surface area contributed by atoms with E-state index in [4.69, 9.17) is 16.3 Å².